The summed E-state index contributed by atoms with van der Waals surface area (Å²) in [6.07, 6.45) is 9.35. The van der Waals surface area contributed by atoms with Crippen LogP contribution in [0.15, 0.2) is 6.20 Å². The Kier molecular flexibility index (Phi) is 3.14. The Hall–Kier alpha value is -1.25. The van der Waals surface area contributed by atoms with Crippen molar-refractivity contribution in [1.82, 2.24) is 9.97 Å². The van der Waals surface area contributed by atoms with E-state index >= 15 is 0 Å². The number of carbonyl (C=O) groups excluding carboxylic acids is 1. The maximum absolute atomic E-state index is 11.7. The molecule has 3 rings (SSSR count). The van der Waals surface area contributed by atoms with Gasteiger partial charge in [-0.15, -0.1) is 0 Å². The second kappa shape index (κ2) is 4.79. The molecule has 2 atom stereocenters. The van der Waals surface area contributed by atoms with Gasteiger partial charge in [0.05, 0.1) is 11.3 Å². The van der Waals surface area contributed by atoms with Crippen LogP contribution in [0.3, 0.4) is 0 Å². The van der Waals surface area contributed by atoms with E-state index in [2.05, 4.69) is 16.9 Å². The van der Waals surface area contributed by atoms with Gasteiger partial charge in [-0.05, 0) is 31.6 Å². The summed E-state index contributed by atoms with van der Waals surface area (Å²) in [5.74, 6) is 2.50. The lowest BCUT2D eigenvalue weighted by Crippen LogP contribution is -2.19. The highest BCUT2D eigenvalue weighted by molar-refractivity contribution is 5.97. The molecule has 0 radical (unpaired) electrons. The number of hydrogen-bond acceptors (Lipinski definition) is 3. The molecule has 2 aliphatic rings. The summed E-state index contributed by atoms with van der Waals surface area (Å²) in [6, 6.07) is 0. The second-order valence-electron chi connectivity index (χ2n) is 5.83. The average molecular weight is 244 g/mol. The van der Waals surface area contributed by atoms with E-state index in [1.54, 1.807) is 6.20 Å². The van der Waals surface area contributed by atoms with Crippen molar-refractivity contribution in [2.75, 3.05) is 0 Å². The van der Waals surface area contributed by atoms with Crippen molar-refractivity contribution in [3.05, 3.63) is 23.3 Å². The lowest BCUT2D eigenvalue weighted by atomic mass is 9.82. The number of rotatable bonds is 1. The van der Waals surface area contributed by atoms with E-state index < -0.39 is 0 Å². The monoisotopic (exact) mass is 244 g/mol. The predicted octanol–water partition coefficient (Wildman–Crippen LogP) is 3.29. The summed E-state index contributed by atoms with van der Waals surface area (Å²) in [5.41, 5.74) is 1.77. The Balaban J connectivity index is 1.87. The van der Waals surface area contributed by atoms with Crippen LogP contribution < -0.4 is 0 Å². The van der Waals surface area contributed by atoms with Gasteiger partial charge in [0.1, 0.15) is 5.82 Å². The van der Waals surface area contributed by atoms with Gasteiger partial charge in [-0.3, -0.25) is 4.79 Å². The first-order chi connectivity index (χ1) is 8.74. The van der Waals surface area contributed by atoms with Gasteiger partial charge in [-0.25, -0.2) is 9.97 Å². The number of nitrogens with zero attached hydrogens (tertiary/aromatic N) is 2. The van der Waals surface area contributed by atoms with Crippen LogP contribution in [0.2, 0.25) is 0 Å². The van der Waals surface area contributed by atoms with E-state index in [9.17, 15) is 4.79 Å². The second-order valence-corrected chi connectivity index (χ2v) is 5.83. The molecule has 2 unspecified atom stereocenters. The normalized spacial score (nSPS) is 27.9. The molecule has 3 heteroatoms. The molecule has 0 amide bonds. The lowest BCUT2D eigenvalue weighted by molar-refractivity contribution is 0.0971. The number of ketones is 1. The largest absolute Gasteiger partial charge is 0.294 e. The van der Waals surface area contributed by atoms with Crippen LogP contribution in [-0.4, -0.2) is 15.8 Å². The molecular weight excluding hydrogens is 224 g/mol. The third-order valence-electron chi connectivity index (χ3n) is 4.31. The molecule has 3 nitrogen and oxygen atoms in total. The quantitative estimate of drug-likeness (QED) is 0.761. The van der Waals surface area contributed by atoms with Gasteiger partial charge in [0.15, 0.2) is 5.78 Å². The average Bonchev–Trinajstić information content (AvgIpc) is 2.39. The molecule has 0 aliphatic heterocycles. The van der Waals surface area contributed by atoms with Crippen LogP contribution in [-0.2, 0) is 6.42 Å². The van der Waals surface area contributed by atoms with Gasteiger partial charge >= 0.3 is 0 Å². The Bertz CT molecular complexity index is 470. The fourth-order valence-electron chi connectivity index (χ4n) is 3.27. The number of aromatic nitrogens is 2. The fourth-order valence-corrected chi connectivity index (χ4v) is 3.27. The first-order valence-corrected chi connectivity index (χ1v) is 7.13. The van der Waals surface area contributed by atoms with Crippen molar-refractivity contribution < 1.29 is 4.79 Å². The Morgan fingerprint density at radius 2 is 2.11 bits per heavy atom. The number of carbonyl (C=O) groups is 1. The van der Waals surface area contributed by atoms with Crippen molar-refractivity contribution in [3.8, 4) is 0 Å². The molecule has 0 saturated heterocycles. The lowest BCUT2D eigenvalue weighted by Gasteiger charge is -2.26. The zero-order valence-corrected chi connectivity index (χ0v) is 11.0. The molecule has 0 N–H and O–H groups in total. The van der Waals surface area contributed by atoms with Crippen molar-refractivity contribution in [2.24, 2.45) is 5.92 Å². The summed E-state index contributed by atoms with van der Waals surface area (Å²) >= 11 is 0. The molecule has 0 bridgehead atoms. The molecule has 1 fully saturated rings. The fraction of sp³-hybridized carbons (Fsp3) is 0.667. The molecule has 1 aromatic rings. The van der Waals surface area contributed by atoms with Gasteiger partial charge in [-0.1, -0.05) is 19.8 Å². The number of Topliss-reactive ketones (excluding diaryl/α,β-unsaturated/α-hetero) is 1. The zero-order chi connectivity index (χ0) is 12.5. The van der Waals surface area contributed by atoms with Crippen molar-refractivity contribution in [1.29, 1.82) is 0 Å². The maximum Gasteiger partial charge on any atom is 0.166 e. The maximum atomic E-state index is 11.7. The van der Waals surface area contributed by atoms with E-state index in [1.807, 2.05) is 0 Å². The minimum atomic E-state index is 0.222. The molecule has 1 saturated carbocycles. The van der Waals surface area contributed by atoms with Gasteiger partial charge in [0.2, 0.25) is 0 Å². The molecule has 96 valence electrons. The minimum Gasteiger partial charge on any atom is -0.294 e. The molecule has 2 aliphatic carbocycles. The third kappa shape index (κ3) is 2.18. The summed E-state index contributed by atoms with van der Waals surface area (Å²) < 4.78 is 0. The first kappa shape index (κ1) is 11.8. The molecule has 0 spiro atoms. The van der Waals surface area contributed by atoms with Crippen LogP contribution in [0.25, 0.3) is 0 Å². The van der Waals surface area contributed by atoms with Crippen LogP contribution in [0.4, 0.5) is 0 Å². The van der Waals surface area contributed by atoms with Crippen LogP contribution in [0.1, 0.15) is 73.2 Å². The summed E-state index contributed by atoms with van der Waals surface area (Å²) in [4.78, 5) is 20.9. The Morgan fingerprint density at radius 1 is 1.22 bits per heavy atom. The summed E-state index contributed by atoms with van der Waals surface area (Å²) in [5, 5.41) is 0. The van der Waals surface area contributed by atoms with E-state index in [1.165, 1.54) is 25.7 Å². The van der Waals surface area contributed by atoms with Gasteiger partial charge in [0, 0.05) is 18.5 Å². The molecule has 1 heterocycles. The highest BCUT2D eigenvalue weighted by atomic mass is 16.1. The third-order valence-corrected chi connectivity index (χ3v) is 4.31. The topological polar surface area (TPSA) is 42.9 Å². The zero-order valence-electron chi connectivity index (χ0n) is 11.0. The highest BCUT2D eigenvalue weighted by Crippen LogP contribution is 2.34. The van der Waals surface area contributed by atoms with Crippen LogP contribution >= 0.6 is 0 Å². The summed E-state index contributed by atoms with van der Waals surface area (Å²) in [6.45, 7) is 2.31. The SMILES string of the molecule is CC1CCCC(c2ncc3c(n2)CCCC3=O)C1. The summed E-state index contributed by atoms with van der Waals surface area (Å²) in [7, 11) is 0. The predicted molar refractivity (Wildman–Crippen MR) is 69.7 cm³/mol. The highest BCUT2D eigenvalue weighted by Gasteiger charge is 2.25. The number of aryl methyl sites for hydroxylation is 1. The van der Waals surface area contributed by atoms with E-state index in [4.69, 9.17) is 0 Å². The van der Waals surface area contributed by atoms with Crippen molar-refractivity contribution in [2.45, 2.75) is 57.8 Å². The van der Waals surface area contributed by atoms with Gasteiger partial charge < -0.3 is 0 Å². The van der Waals surface area contributed by atoms with Crippen LogP contribution in [0, 0.1) is 5.92 Å². The molecule has 18 heavy (non-hydrogen) atoms. The van der Waals surface area contributed by atoms with Gasteiger partial charge in [-0.2, -0.15) is 0 Å². The molecule has 0 aromatic carbocycles. The smallest absolute Gasteiger partial charge is 0.166 e. The standard InChI is InChI=1S/C15H20N2O/c1-10-4-2-5-11(8-10)15-16-9-12-13(17-15)6-3-7-14(12)18/h9-11H,2-8H2,1H3. The van der Waals surface area contributed by atoms with Gasteiger partial charge in [0.25, 0.3) is 0 Å². The first-order valence-electron chi connectivity index (χ1n) is 7.13. The molecular formula is C15H20N2O. The Morgan fingerprint density at radius 3 is 2.94 bits per heavy atom. The number of hydrogen-bond donors (Lipinski definition) is 0. The van der Waals surface area contributed by atoms with E-state index in [-0.39, 0.29) is 5.78 Å². The van der Waals surface area contributed by atoms with E-state index in [0.717, 1.165) is 35.8 Å². The van der Waals surface area contributed by atoms with Crippen molar-refractivity contribution in [3.63, 3.8) is 0 Å². The molecule has 1 aromatic heterocycles. The van der Waals surface area contributed by atoms with E-state index in [0.29, 0.717) is 12.3 Å². The van der Waals surface area contributed by atoms with Crippen molar-refractivity contribution >= 4 is 5.78 Å². The minimum absolute atomic E-state index is 0.222. The van der Waals surface area contributed by atoms with Crippen LogP contribution in [0.5, 0.6) is 0 Å². The number of fused-ring (bicyclic) bond motifs is 1. The Labute approximate surface area is 108 Å².